The number of benzene rings is 2. The maximum absolute atomic E-state index is 13.6. The zero-order valence-electron chi connectivity index (χ0n) is 10.2. The standard InChI is InChI=1S/C13H11BrFNO3S/c14-10-3-6-13(12(15)7-10)20(18,19)16-8-9-1-4-11(17)5-2-9/h1-7,16-17H,8H2. The van der Waals surface area contributed by atoms with Gasteiger partial charge in [-0.15, -0.1) is 0 Å². The summed E-state index contributed by atoms with van der Waals surface area (Å²) in [7, 11) is -3.92. The van der Waals surface area contributed by atoms with E-state index in [1.165, 1.54) is 24.3 Å². The molecule has 7 heteroatoms. The Bertz CT molecular complexity index is 717. The van der Waals surface area contributed by atoms with E-state index in [9.17, 15) is 12.8 Å². The fourth-order valence-electron chi connectivity index (χ4n) is 1.56. The van der Waals surface area contributed by atoms with E-state index in [2.05, 4.69) is 20.7 Å². The minimum Gasteiger partial charge on any atom is -0.508 e. The third-order valence-corrected chi connectivity index (χ3v) is 4.51. The van der Waals surface area contributed by atoms with Gasteiger partial charge in [-0.1, -0.05) is 28.1 Å². The van der Waals surface area contributed by atoms with Crippen LogP contribution >= 0.6 is 15.9 Å². The van der Waals surface area contributed by atoms with E-state index in [4.69, 9.17) is 5.11 Å². The molecule has 0 bridgehead atoms. The average Bonchev–Trinajstić information content (AvgIpc) is 2.37. The zero-order valence-corrected chi connectivity index (χ0v) is 12.6. The van der Waals surface area contributed by atoms with Crippen molar-refractivity contribution in [1.29, 1.82) is 0 Å². The topological polar surface area (TPSA) is 66.4 Å². The lowest BCUT2D eigenvalue weighted by Crippen LogP contribution is -2.24. The van der Waals surface area contributed by atoms with Gasteiger partial charge in [-0.25, -0.2) is 17.5 Å². The average molecular weight is 360 g/mol. The van der Waals surface area contributed by atoms with Crippen LogP contribution in [0.3, 0.4) is 0 Å². The first-order chi connectivity index (χ1) is 9.38. The van der Waals surface area contributed by atoms with Crippen molar-refractivity contribution in [2.24, 2.45) is 0 Å². The number of hydrogen-bond acceptors (Lipinski definition) is 3. The molecule has 0 fully saturated rings. The summed E-state index contributed by atoms with van der Waals surface area (Å²) in [5.74, 6) is -0.729. The quantitative estimate of drug-likeness (QED) is 0.881. The monoisotopic (exact) mass is 359 g/mol. The number of nitrogens with one attached hydrogen (secondary N) is 1. The highest BCUT2D eigenvalue weighted by Gasteiger charge is 2.18. The lowest BCUT2D eigenvalue weighted by Gasteiger charge is -2.08. The predicted octanol–water partition coefficient (Wildman–Crippen LogP) is 2.77. The summed E-state index contributed by atoms with van der Waals surface area (Å²) in [6, 6.07) is 9.80. The summed E-state index contributed by atoms with van der Waals surface area (Å²) in [5.41, 5.74) is 0.656. The Morgan fingerprint density at radius 3 is 2.40 bits per heavy atom. The van der Waals surface area contributed by atoms with Gasteiger partial charge in [0.15, 0.2) is 0 Å². The molecule has 0 aliphatic carbocycles. The number of hydrogen-bond donors (Lipinski definition) is 2. The van der Waals surface area contributed by atoms with E-state index in [0.29, 0.717) is 10.0 Å². The van der Waals surface area contributed by atoms with Crippen molar-refractivity contribution in [1.82, 2.24) is 4.72 Å². The third kappa shape index (κ3) is 3.56. The van der Waals surface area contributed by atoms with Crippen molar-refractivity contribution < 1.29 is 17.9 Å². The van der Waals surface area contributed by atoms with Crippen molar-refractivity contribution in [3.05, 3.63) is 58.3 Å². The second-order valence-corrected chi connectivity index (χ2v) is 6.72. The molecule has 0 amide bonds. The number of phenols is 1. The van der Waals surface area contributed by atoms with Crippen LogP contribution in [-0.4, -0.2) is 13.5 Å². The smallest absolute Gasteiger partial charge is 0.243 e. The van der Waals surface area contributed by atoms with Gasteiger partial charge in [-0.05, 0) is 35.9 Å². The van der Waals surface area contributed by atoms with Crippen molar-refractivity contribution in [3.8, 4) is 5.75 Å². The van der Waals surface area contributed by atoms with Crippen LogP contribution in [0.5, 0.6) is 5.75 Å². The Morgan fingerprint density at radius 1 is 1.15 bits per heavy atom. The molecule has 2 N–H and O–H groups in total. The Labute approximate surface area is 124 Å². The van der Waals surface area contributed by atoms with Crippen molar-refractivity contribution in [2.75, 3.05) is 0 Å². The van der Waals surface area contributed by atoms with Gasteiger partial charge >= 0.3 is 0 Å². The van der Waals surface area contributed by atoms with Gasteiger partial charge in [0.05, 0.1) is 0 Å². The summed E-state index contributed by atoms with van der Waals surface area (Å²) >= 11 is 3.07. The van der Waals surface area contributed by atoms with Gasteiger partial charge < -0.3 is 5.11 Å². The second kappa shape index (κ2) is 5.90. The molecule has 0 unspecified atom stereocenters. The van der Waals surface area contributed by atoms with Crippen molar-refractivity contribution in [3.63, 3.8) is 0 Å². The number of aromatic hydroxyl groups is 1. The van der Waals surface area contributed by atoms with Crippen LogP contribution in [-0.2, 0) is 16.6 Å². The maximum Gasteiger partial charge on any atom is 0.243 e. The van der Waals surface area contributed by atoms with Crippen LogP contribution in [0, 0.1) is 5.82 Å². The van der Waals surface area contributed by atoms with Crippen LogP contribution in [0.2, 0.25) is 0 Å². The first-order valence-electron chi connectivity index (χ1n) is 5.61. The van der Waals surface area contributed by atoms with E-state index >= 15 is 0 Å². The van der Waals surface area contributed by atoms with E-state index in [-0.39, 0.29) is 12.3 Å². The molecule has 0 saturated heterocycles. The fourth-order valence-corrected chi connectivity index (χ4v) is 2.97. The first kappa shape index (κ1) is 15.0. The van der Waals surface area contributed by atoms with Crippen molar-refractivity contribution >= 4 is 26.0 Å². The number of rotatable bonds is 4. The second-order valence-electron chi connectivity index (χ2n) is 4.07. The summed E-state index contributed by atoms with van der Waals surface area (Å²) in [6.45, 7) is 0.0120. The van der Waals surface area contributed by atoms with Crippen LogP contribution in [0.1, 0.15) is 5.56 Å². The van der Waals surface area contributed by atoms with Gasteiger partial charge in [0, 0.05) is 11.0 Å². The van der Waals surface area contributed by atoms with Gasteiger partial charge in [0.25, 0.3) is 0 Å². The fraction of sp³-hybridized carbons (Fsp3) is 0.0769. The molecule has 0 spiro atoms. The molecule has 0 aromatic heterocycles. The molecule has 0 radical (unpaired) electrons. The minimum absolute atomic E-state index is 0.0120. The number of halogens is 2. The summed E-state index contributed by atoms with van der Waals surface area (Å²) in [6.07, 6.45) is 0. The molecule has 0 aliphatic heterocycles. The molecule has 2 aromatic rings. The predicted molar refractivity (Wildman–Crippen MR) is 76.2 cm³/mol. The van der Waals surface area contributed by atoms with E-state index in [1.807, 2.05) is 0 Å². The summed E-state index contributed by atoms with van der Waals surface area (Å²) in [4.78, 5) is -0.403. The Kier molecular flexibility index (Phi) is 4.42. The summed E-state index contributed by atoms with van der Waals surface area (Å²) in [5, 5.41) is 9.13. The number of sulfonamides is 1. The van der Waals surface area contributed by atoms with Gasteiger partial charge in [-0.3, -0.25) is 0 Å². The lowest BCUT2D eigenvalue weighted by molar-refractivity contribution is 0.475. The SMILES string of the molecule is O=S(=O)(NCc1ccc(O)cc1)c1ccc(Br)cc1F. The molecule has 0 atom stereocenters. The molecule has 4 nitrogen and oxygen atoms in total. The van der Waals surface area contributed by atoms with Gasteiger partial charge in [0.2, 0.25) is 10.0 Å². The van der Waals surface area contributed by atoms with Gasteiger partial charge in [-0.2, -0.15) is 0 Å². The highest BCUT2D eigenvalue weighted by atomic mass is 79.9. The van der Waals surface area contributed by atoms with E-state index in [1.54, 1.807) is 12.1 Å². The van der Waals surface area contributed by atoms with Crippen LogP contribution in [0.4, 0.5) is 4.39 Å². The maximum atomic E-state index is 13.6. The zero-order chi connectivity index (χ0) is 14.8. The van der Waals surface area contributed by atoms with Crippen LogP contribution < -0.4 is 4.72 Å². The minimum atomic E-state index is -3.92. The molecule has 0 saturated carbocycles. The Balaban J connectivity index is 2.17. The highest BCUT2D eigenvalue weighted by molar-refractivity contribution is 9.10. The Morgan fingerprint density at radius 2 is 1.80 bits per heavy atom. The summed E-state index contributed by atoms with van der Waals surface area (Å²) < 4.78 is 40.4. The molecule has 20 heavy (non-hydrogen) atoms. The lowest BCUT2D eigenvalue weighted by atomic mass is 10.2. The van der Waals surface area contributed by atoms with Crippen LogP contribution in [0.15, 0.2) is 51.8 Å². The molecule has 0 aliphatic rings. The molecule has 2 aromatic carbocycles. The molecule has 2 rings (SSSR count). The van der Waals surface area contributed by atoms with E-state index < -0.39 is 20.7 Å². The third-order valence-electron chi connectivity index (χ3n) is 2.59. The molecular weight excluding hydrogens is 349 g/mol. The number of phenolic OH excluding ortho intramolecular Hbond substituents is 1. The first-order valence-corrected chi connectivity index (χ1v) is 7.89. The normalized spacial score (nSPS) is 11.5. The largest absolute Gasteiger partial charge is 0.508 e. The van der Waals surface area contributed by atoms with E-state index in [0.717, 1.165) is 6.07 Å². The molecule has 106 valence electrons. The Hall–Kier alpha value is -1.44. The van der Waals surface area contributed by atoms with Gasteiger partial charge in [0.1, 0.15) is 16.5 Å². The van der Waals surface area contributed by atoms with Crippen LogP contribution in [0.25, 0.3) is 0 Å². The highest BCUT2D eigenvalue weighted by Crippen LogP contribution is 2.19. The molecule has 0 heterocycles. The van der Waals surface area contributed by atoms with Crippen molar-refractivity contribution in [2.45, 2.75) is 11.4 Å². The molecular formula is C13H11BrFNO3S.